The molecule has 0 aromatic rings. The fourth-order valence-corrected chi connectivity index (χ4v) is 1.17. The first-order valence-corrected chi connectivity index (χ1v) is 5.52. The number of carboxylic acids is 1. The van der Waals surface area contributed by atoms with Crippen LogP contribution in [0.2, 0.25) is 0 Å². The summed E-state index contributed by atoms with van der Waals surface area (Å²) in [7, 11) is 0. The van der Waals surface area contributed by atoms with Crippen molar-refractivity contribution in [2.45, 2.75) is 38.3 Å². The molecule has 0 aromatic heterocycles. The van der Waals surface area contributed by atoms with Crippen LogP contribution in [0.15, 0.2) is 0 Å². The van der Waals surface area contributed by atoms with E-state index in [9.17, 15) is 19.2 Å². The second-order valence-corrected chi connectivity index (χ2v) is 4.21. The Morgan fingerprint density at radius 3 is 2.11 bits per heavy atom. The smallest absolute Gasteiger partial charge is 0.326 e. The SMILES string of the molecule is CCC(C)(NC(=O)N[C@H](CC(N)=O)C(=O)O)C(N)=O. The van der Waals surface area contributed by atoms with E-state index in [2.05, 4.69) is 5.32 Å². The van der Waals surface area contributed by atoms with Crippen molar-refractivity contribution in [3.63, 3.8) is 0 Å². The normalized spacial score (nSPS) is 14.8. The number of urea groups is 1. The van der Waals surface area contributed by atoms with Crippen LogP contribution >= 0.6 is 0 Å². The highest BCUT2D eigenvalue weighted by molar-refractivity contribution is 5.92. The Bertz CT molecular complexity index is 397. The number of nitrogens with two attached hydrogens (primary N) is 2. The van der Waals surface area contributed by atoms with E-state index in [1.165, 1.54) is 6.92 Å². The number of hydrogen-bond acceptors (Lipinski definition) is 4. The molecule has 0 fully saturated rings. The van der Waals surface area contributed by atoms with E-state index in [0.717, 1.165) is 0 Å². The number of hydrogen-bond donors (Lipinski definition) is 5. The zero-order chi connectivity index (χ0) is 15.2. The molecule has 4 amide bonds. The molecule has 0 aliphatic rings. The molecule has 0 saturated carbocycles. The summed E-state index contributed by atoms with van der Waals surface area (Å²) in [6.07, 6.45) is -0.328. The molecule has 0 aliphatic carbocycles. The monoisotopic (exact) mass is 274 g/mol. The van der Waals surface area contributed by atoms with Gasteiger partial charge in [0.2, 0.25) is 11.8 Å². The Kier molecular flexibility index (Phi) is 5.77. The third-order valence-electron chi connectivity index (χ3n) is 2.65. The molecule has 0 bridgehead atoms. The van der Waals surface area contributed by atoms with E-state index in [4.69, 9.17) is 16.6 Å². The first-order valence-electron chi connectivity index (χ1n) is 5.52. The lowest BCUT2D eigenvalue weighted by Crippen LogP contribution is -2.59. The van der Waals surface area contributed by atoms with E-state index in [-0.39, 0.29) is 6.42 Å². The van der Waals surface area contributed by atoms with Gasteiger partial charge in [-0.1, -0.05) is 6.92 Å². The molecule has 7 N–H and O–H groups in total. The summed E-state index contributed by atoms with van der Waals surface area (Å²) in [6, 6.07) is -2.39. The predicted molar refractivity (Wildman–Crippen MR) is 64.8 cm³/mol. The lowest BCUT2D eigenvalue weighted by atomic mass is 9.98. The van der Waals surface area contributed by atoms with Crippen LogP contribution in [-0.4, -0.2) is 40.5 Å². The standard InChI is InChI=1S/C10H18N4O5/c1-3-10(2,8(12)18)14-9(19)13-5(7(16)17)4-6(11)15/h5H,3-4H2,1-2H3,(H2,11,15)(H2,12,18)(H,16,17)(H2,13,14,19)/t5-,10?/m1/s1. The van der Waals surface area contributed by atoms with Gasteiger partial charge in [0.1, 0.15) is 11.6 Å². The maximum Gasteiger partial charge on any atom is 0.326 e. The third kappa shape index (κ3) is 5.23. The van der Waals surface area contributed by atoms with Gasteiger partial charge in [0.25, 0.3) is 0 Å². The van der Waals surface area contributed by atoms with Gasteiger partial charge < -0.3 is 27.2 Å². The van der Waals surface area contributed by atoms with Gasteiger partial charge in [-0.3, -0.25) is 9.59 Å². The van der Waals surface area contributed by atoms with Gasteiger partial charge in [-0.15, -0.1) is 0 Å². The van der Waals surface area contributed by atoms with Gasteiger partial charge >= 0.3 is 12.0 Å². The molecule has 0 spiro atoms. The average molecular weight is 274 g/mol. The van der Waals surface area contributed by atoms with Crippen LogP contribution in [0.4, 0.5) is 4.79 Å². The number of rotatable bonds is 7. The van der Waals surface area contributed by atoms with Crippen LogP contribution in [0.25, 0.3) is 0 Å². The molecule has 108 valence electrons. The van der Waals surface area contributed by atoms with Crippen molar-refractivity contribution >= 4 is 23.8 Å². The minimum atomic E-state index is -1.47. The van der Waals surface area contributed by atoms with E-state index >= 15 is 0 Å². The number of carbonyl (C=O) groups is 4. The third-order valence-corrected chi connectivity index (χ3v) is 2.65. The quantitative estimate of drug-likeness (QED) is 0.371. The summed E-state index contributed by atoms with van der Waals surface area (Å²) in [5.41, 5.74) is 8.68. The van der Waals surface area contributed by atoms with Crippen LogP contribution in [-0.2, 0) is 14.4 Å². The van der Waals surface area contributed by atoms with E-state index in [0.29, 0.717) is 0 Å². The van der Waals surface area contributed by atoms with Crippen molar-refractivity contribution in [1.82, 2.24) is 10.6 Å². The van der Waals surface area contributed by atoms with E-state index in [1.54, 1.807) is 6.92 Å². The molecule has 0 aromatic carbocycles. The van der Waals surface area contributed by atoms with Crippen molar-refractivity contribution in [2.75, 3.05) is 0 Å². The molecule has 9 nitrogen and oxygen atoms in total. The maximum atomic E-state index is 11.6. The number of amides is 4. The molecule has 19 heavy (non-hydrogen) atoms. The molecular weight excluding hydrogens is 256 g/mol. The maximum absolute atomic E-state index is 11.6. The predicted octanol–water partition coefficient (Wildman–Crippen LogP) is -1.73. The fraction of sp³-hybridized carbons (Fsp3) is 0.600. The van der Waals surface area contributed by atoms with Gasteiger partial charge in [-0.2, -0.15) is 0 Å². The van der Waals surface area contributed by atoms with Crippen molar-refractivity contribution in [2.24, 2.45) is 11.5 Å². The van der Waals surface area contributed by atoms with Crippen LogP contribution in [0.3, 0.4) is 0 Å². The molecule has 0 rings (SSSR count). The Balaban J connectivity index is 4.70. The zero-order valence-electron chi connectivity index (χ0n) is 10.7. The number of aliphatic carboxylic acids is 1. The number of carboxylic acid groups (broad SMARTS) is 1. The molecular formula is C10H18N4O5. The number of primary amides is 2. The fourth-order valence-electron chi connectivity index (χ4n) is 1.17. The first kappa shape index (κ1) is 16.7. The molecule has 1 unspecified atom stereocenters. The topological polar surface area (TPSA) is 165 Å². The van der Waals surface area contributed by atoms with Gasteiger partial charge in [-0.25, -0.2) is 9.59 Å². The van der Waals surface area contributed by atoms with Crippen LogP contribution in [0, 0.1) is 0 Å². The number of carbonyl (C=O) groups excluding carboxylic acids is 3. The van der Waals surface area contributed by atoms with Gasteiger partial charge in [0, 0.05) is 0 Å². The lowest BCUT2D eigenvalue weighted by molar-refractivity contribution is -0.140. The summed E-state index contributed by atoms with van der Waals surface area (Å²) >= 11 is 0. The highest BCUT2D eigenvalue weighted by Crippen LogP contribution is 2.07. The molecule has 9 heteroatoms. The summed E-state index contributed by atoms with van der Waals surface area (Å²) < 4.78 is 0. The van der Waals surface area contributed by atoms with Gasteiger partial charge in [0.15, 0.2) is 0 Å². The zero-order valence-corrected chi connectivity index (χ0v) is 10.7. The van der Waals surface area contributed by atoms with Crippen molar-refractivity contribution < 1.29 is 24.3 Å². The Morgan fingerprint density at radius 1 is 1.26 bits per heavy atom. The second kappa shape index (κ2) is 6.57. The largest absolute Gasteiger partial charge is 0.480 e. The lowest BCUT2D eigenvalue weighted by Gasteiger charge is -2.26. The summed E-state index contributed by atoms with van der Waals surface area (Å²) in [6.45, 7) is 3.03. The van der Waals surface area contributed by atoms with E-state index < -0.39 is 41.8 Å². The van der Waals surface area contributed by atoms with E-state index in [1.807, 2.05) is 5.32 Å². The minimum absolute atomic E-state index is 0.226. The minimum Gasteiger partial charge on any atom is -0.480 e. The van der Waals surface area contributed by atoms with Crippen LogP contribution in [0.5, 0.6) is 0 Å². The summed E-state index contributed by atoms with van der Waals surface area (Å²) in [5.74, 6) is -3.04. The highest BCUT2D eigenvalue weighted by Gasteiger charge is 2.32. The molecule has 0 heterocycles. The van der Waals surface area contributed by atoms with Gasteiger partial charge in [0.05, 0.1) is 6.42 Å². The highest BCUT2D eigenvalue weighted by atomic mass is 16.4. The number of nitrogens with one attached hydrogen (secondary N) is 2. The summed E-state index contributed by atoms with van der Waals surface area (Å²) in [5, 5.41) is 13.1. The van der Waals surface area contributed by atoms with Crippen LogP contribution in [0.1, 0.15) is 26.7 Å². The van der Waals surface area contributed by atoms with Crippen molar-refractivity contribution in [1.29, 1.82) is 0 Å². The average Bonchev–Trinajstić information content (AvgIpc) is 2.26. The van der Waals surface area contributed by atoms with Crippen molar-refractivity contribution in [3.8, 4) is 0 Å². The van der Waals surface area contributed by atoms with Crippen molar-refractivity contribution in [3.05, 3.63) is 0 Å². The Labute approximate surface area is 109 Å². The second-order valence-electron chi connectivity index (χ2n) is 4.21. The molecule has 0 saturated heterocycles. The molecule has 0 radical (unpaired) electrons. The Morgan fingerprint density at radius 2 is 1.79 bits per heavy atom. The summed E-state index contributed by atoms with van der Waals surface area (Å²) in [4.78, 5) is 44.2. The molecule has 0 aliphatic heterocycles. The van der Waals surface area contributed by atoms with Gasteiger partial charge in [-0.05, 0) is 13.3 Å². The van der Waals surface area contributed by atoms with Crippen LogP contribution < -0.4 is 22.1 Å². The Hall–Kier alpha value is -2.32. The first-order chi connectivity index (χ1) is 8.62. The molecule has 2 atom stereocenters.